The molecular formula is C22H21F2N3O. The maximum atomic E-state index is 13.7. The molecule has 2 aliphatic heterocycles. The van der Waals surface area contributed by atoms with Crippen LogP contribution in [0.4, 0.5) is 8.78 Å². The second kappa shape index (κ2) is 6.79. The number of imidazole rings is 1. The molecule has 3 aromatic rings. The number of hydrogen-bond acceptors (Lipinski definition) is 3. The third kappa shape index (κ3) is 3.23. The predicted octanol–water partition coefficient (Wildman–Crippen LogP) is 4.00. The summed E-state index contributed by atoms with van der Waals surface area (Å²) in [4.78, 5) is 6.78. The van der Waals surface area contributed by atoms with E-state index in [1.807, 2.05) is 12.1 Å². The van der Waals surface area contributed by atoms with Gasteiger partial charge in [-0.15, -0.1) is 0 Å². The Kier molecular flexibility index (Phi) is 4.25. The summed E-state index contributed by atoms with van der Waals surface area (Å²) in [5.74, 6) is 0.411. The van der Waals surface area contributed by atoms with Gasteiger partial charge < -0.3 is 9.30 Å². The van der Waals surface area contributed by atoms with Gasteiger partial charge in [-0.25, -0.2) is 13.8 Å². The number of aromatic nitrogens is 2. The summed E-state index contributed by atoms with van der Waals surface area (Å²) in [6, 6.07) is 13.4. The maximum Gasteiger partial charge on any atom is 0.135 e. The van der Waals surface area contributed by atoms with Crippen LogP contribution >= 0.6 is 0 Å². The minimum Gasteiger partial charge on any atom is -0.364 e. The number of fused-ring (bicyclic) bond motifs is 1. The van der Waals surface area contributed by atoms with Gasteiger partial charge in [0, 0.05) is 25.2 Å². The second-order valence-corrected chi connectivity index (χ2v) is 7.72. The first-order valence-electron chi connectivity index (χ1n) is 9.51. The summed E-state index contributed by atoms with van der Waals surface area (Å²) < 4.78 is 35.6. The smallest absolute Gasteiger partial charge is 0.135 e. The minimum atomic E-state index is -0.289. The van der Waals surface area contributed by atoms with Crippen molar-refractivity contribution in [1.29, 1.82) is 0 Å². The van der Waals surface area contributed by atoms with Crippen LogP contribution in [0.25, 0.3) is 11.3 Å². The van der Waals surface area contributed by atoms with Crippen molar-refractivity contribution >= 4 is 0 Å². The second-order valence-electron chi connectivity index (χ2n) is 7.72. The number of ether oxygens (including phenoxy) is 1. The highest BCUT2D eigenvalue weighted by molar-refractivity contribution is 5.59. The van der Waals surface area contributed by atoms with Crippen molar-refractivity contribution in [3.8, 4) is 11.3 Å². The molecule has 5 rings (SSSR count). The Morgan fingerprint density at radius 3 is 2.68 bits per heavy atom. The zero-order valence-electron chi connectivity index (χ0n) is 15.4. The summed E-state index contributed by atoms with van der Waals surface area (Å²) in [5, 5.41) is 0. The molecule has 3 heterocycles. The molecule has 0 saturated carbocycles. The van der Waals surface area contributed by atoms with E-state index in [0.29, 0.717) is 19.7 Å². The van der Waals surface area contributed by atoms with Gasteiger partial charge in [-0.1, -0.05) is 24.3 Å². The van der Waals surface area contributed by atoms with Gasteiger partial charge in [-0.05, 0) is 36.2 Å². The molecule has 0 amide bonds. The number of halogens is 2. The molecule has 1 aromatic heterocycles. The molecule has 2 aromatic carbocycles. The average Bonchev–Trinajstić information content (AvgIpc) is 3.26. The van der Waals surface area contributed by atoms with E-state index in [9.17, 15) is 8.78 Å². The van der Waals surface area contributed by atoms with Gasteiger partial charge in [-0.2, -0.15) is 0 Å². The first-order chi connectivity index (χ1) is 13.6. The molecule has 0 radical (unpaired) electrons. The highest BCUT2D eigenvalue weighted by Gasteiger charge is 2.43. The van der Waals surface area contributed by atoms with Gasteiger partial charge in [0.05, 0.1) is 18.4 Å². The number of rotatable bonds is 3. The quantitative estimate of drug-likeness (QED) is 0.687. The maximum absolute atomic E-state index is 13.7. The molecule has 1 fully saturated rings. The molecule has 0 unspecified atom stereocenters. The molecule has 28 heavy (non-hydrogen) atoms. The van der Waals surface area contributed by atoms with Crippen molar-refractivity contribution in [1.82, 2.24) is 14.5 Å². The fraction of sp³-hybridized carbons (Fsp3) is 0.318. The Labute approximate surface area is 162 Å². The topological polar surface area (TPSA) is 30.3 Å². The number of likely N-dealkylation sites (tertiary alicyclic amines) is 1. The van der Waals surface area contributed by atoms with Crippen LogP contribution in [-0.2, 0) is 24.4 Å². The molecule has 0 bridgehead atoms. The molecular weight excluding hydrogens is 360 g/mol. The Morgan fingerprint density at radius 2 is 1.86 bits per heavy atom. The van der Waals surface area contributed by atoms with E-state index in [-0.39, 0.29) is 17.2 Å². The third-order valence-electron chi connectivity index (χ3n) is 5.70. The van der Waals surface area contributed by atoms with Crippen LogP contribution in [0, 0.1) is 11.6 Å². The molecule has 1 atom stereocenters. The van der Waals surface area contributed by atoms with Gasteiger partial charge in [0.2, 0.25) is 0 Å². The largest absolute Gasteiger partial charge is 0.364 e. The van der Waals surface area contributed by atoms with Gasteiger partial charge in [0.15, 0.2) is 0 Å². The van der Waals surface area contributed by atoms with E-state index in [4.69, 9.17) is 4.74 Å². The Hall–Kier alpha value is -2.57. The molecule has 6 heteroatoms. The summed E-state index contributed by atoms with van der Waals surface area (Å²) in [5.41, 5.74) is 2.42. The van der Waals surface area contributed by atoms with E-state index < -0.39 is 0 Å². The first-order valence-corrected chi connectivity index (χ1v) is 9.51. The van der Waals surface area contributed by atoms with E-state index in [2.05, 4.69) is 14.5 Å². The fourth-order valence-corrected chi connectivity index (χ4v) is 4.34. The third-order valence-corrected chi connectivity index (χ3v) is 5.70. The van der Waals surface area contributed by atoms with Gasteiger partial charge >= 0.3 is 0 Å². The summed E-state index contributed by atoms with van der Waals surface area (Å²) in [7, 11) is 0. The van der Waals surface area contributed by atoms with E-state index in [0.717, 1.165) is 42.2 Å². The Morgan fingerprint density at radius 1 is 1.04 bits per heavy atom. The van der Waals surface area contributed by atoms with E-state index in [1.165, 1.54) is 18.2 Å². The highest BCUT2D eigenvalue weighted by Crippen LogP contribution is 2.35. The Balaban J connectivity index is 1.36. The normalized spacial score (nSPS) is 21.9. The van der Waals surface area contributed by atoms with Crippen molar-refractivity contribution in [2.75, 3.05) is 13.1 Å². The molecule has 1 saturated heterocycles. The number of hydrogen-bond donors (Lipinski definition) is 0. The lowest BCUT2D eigenvalue weighted by atomic mass is 10.0. The fourth-order valence-electron chi connectivity index (χ4n) is 4.34. The van der Waals surface area contributed by atoms with Crippen LogP contribution in [0.3, 0.4) is 0 Å². The SMILES string of the molecule is Fc1cccc(CN2CC[C@]3(C2)Cn2c(-c4cccc(F)c4)cnc2CO3)c1. The van der Waals surface area contributed by atoms with E-state index >= 15 is 0 Å². The lowest BCUT2D eigenvalue weighted by molar-refractivity contribution is -0.0821. The molecule has 2 aliphatic rings. The monoisotopic (exact) mass is 381 g/mol. The number of benzene rings is 2. The summed E-state index contributed by atoms with van der Waals surface area (Å²) in [6.45, 7) is 3.52. The van der Waals surface area contributed by atoms with Gasteiger partial charge in [0.1, 0.15) is 29.7 Å². The van der Waals surface area contributed by atoms with Gasteiger partial charge in [-0.3, -0.25) is 4.90 Å². The van der Waals surface area contributed by atoms with Crippen molar-refractivity contribution in [2.45, 2.75) is 31.7 Å². The first kappa shape index (κ1) is 17.5. The zero-order chi connectivity index (χ0) is 19.1. The minimum absolute atomic E-state index is 0.205. The van der Waals surface area contributed by atoms with Crippen LogP contribution in [0.15, 0.2) is 54.7 Å². The average molecular weight is 381 g/mol. The number of nitrogens with zero attached hydrogens (tertiary/aromatic N) is 3. The lowest BCUT2D eigenvalue weighted by Crippen LogP contribution is -2.44. The molecule has 0 N–H and O–H groups in total. The van der Waals surface area contributed by atoms with Crippen molar-refractivity contribution in [3.63, 3.8) is 0 Å². The van der Waals surface area contributed by atoms with Crippen molar-refractivity contribution in [3.05, 3.63) is 77.8 Å². The van der Waals surface area contributed by atoms with Crippen LogP contribution < -0.4 is 0 Å². The van der Waals surface area contributed by atoms with Gasteiger partial charge in [0.25, 0.3) is 0 Å². The molecule has 0 aliphatic carbocycles. The van der Waals surface area contributed by atoms with Crippen LogP contribution in [0.1, 0.15) is 17.8 Å². The summed E-state index contributed by atoms with van der Waals surface area (Å²) >= 11 is 0. The van der Waals surface area contributed by atoms with Crippen LogP contribution in [-0.4, -0.2) is 33.1 Å². The highest BCUT2D eigenvalue weighted by atomic mass is 19.1. The molecule has 1 spiro atoms. The van der Waals surface area contributed by atoms with E-state index in [1.54, 1.807) is 24.4 Å². The van der Waals surface area contributed by atoms with Crippen LogP contribution in [0.2, 0.25) is 0 Å². The molecule has 144 valence electrons. The van der Waals surface area contributed by atoms with Crippen molar-refractivity contribution in [2.24, 2.45) is 0 Å². The summed E-state index contributed by atoms with van der Waals surface area (Å²) in [6.07, 6.45) is 2.70. The Bertz CT molecular complexity index is 1020. The zero-order valence-corrected chi connectivity index (χ0v) is 15.4. The van der Waals surface area contributed by atoms with Crippen molar-refractivity contribution < 1.29 is 13.5 Å². The standard InChI is InChI=1S/C22H21F2N3O/c23-18-5-1-3-16(9-18)12-26-8-7-22(14-26)15-27-20(11-25-21(27)13-28-22)17-4-2-6-19(24)10-17/h1-6,9-11H,7-8,12-15H2/t22-/m0/s1. The predicted molar refractivity (Wildman–Crippen MR) is 101 cm³/mol. The molecule has 4 nitrogen and oxygen atoms in total. The lowest BCUT2D eigenvalue weighted by Gasteiger charge is -2.35. The van der Waals surface area contributed by atoms with Crippen LogP contribution in [0.5, 0.6) is 0 Å².